The zero-order valence-corrected chi connectivity index (χ0v) is 22.8. The summed E-state index contributed by atoms with van der Waals surface area (Å²) in [5.74, 6) is 0.741. The molecule has 2 atom stereocenters. The minimum atomic E-state index is -4.61. The van der Waals surface area contributed by atoms with Gasteiger partial charge < -0.3 is 24.7 Å². The highest BCUT2D eigenvalue weighted by atomic mass is 32.2. The summed E-state index contributed by atoms with van der Waals surface area (Å²) in [6.45, 7) is 0. The number of aryl methyl sites for hydroxylation is 1. The Kier molecular flexibility index (Phi) is 5.86. The van der Waals surface area contributed by atoms with E-state index in [2.05, 4.69) is 15.0 Å². The van der Waals surface area contributed by atoms with E-state index in [4.69, 9.17) is 4.52 Å². The van der Waals surface area contributed by atoms with Crippen LogP contribution in [0.1, 0.15) is 32.1 Å². The molecule has 7 rings (SSSR count). The molecule has 0 amide bonds. The van der Waals surface area contributed by atoms with Crippen LogP contribution in [0.3, 0.4) is 0 Å². The third kappa shape index (κ3) is 4.69. The summed E-state index contributed by atoms with van der Waals surface area (Å²) in [6.07, 6.45) is 8.32. The van der Waals surface area contributed by atoms with Crippen molar-refractivity contribution in [1.29, 1.82) is 0 Å². The van der Waals surface area contributed by atoms with Crippen molar-refractivity contribution in [1.82, 2.24) is 9.55 Å². The summed E-state index contributed by atoms with van der Waals surface area (Å²) in [5.41, 5.74) is 2.24. The molecular formula is C25H31N4O7PS. The van der Waals surface area contributed by atoms with Crippen molar-refractivity contribution in [2.24, 2.45) is 24.8 Å². The summed E-state index contributed by atoms with van der Waals surface area (Å²) in [4.78, 5) is 34.8. The maximum absolute atomic E-state index is 12.7. The predicted molar refractivity (Wildman–Crippen MR) is 144 cm³/mol. The monoisotopic (exact) mass is 562 g/mol. The Balaban J connectivity index is 1.40. The molecule has 2 heterocycles. The zero-order valence-electron chi connectivity index (χ0n) is 21.0. The van der Waals surface area contributed by atoms with Gasteiger partial charge in [-0.1, -0.05) is 0 Å². The SMILES string of the molecule is Cn1cc(-c2cc(NS(C)(=O)=O)ccc2NC2C3CC4CC2CC(OP(=O)(O)O)(C4)C3)c2cc[nH]c2c1=O. The number of rotatable bonds is 7. The molecule has 38 heavy (non-hydrogen) atoms. The van der Waals surface area contributed by atoms with E-state index in [9.17, 15) is 27.6 Å². The first-order valence-electron chi connectivity index (χ1n) is 12.6. The molecule has 2 aromatic heterocycles. The summed E-state index contributed by atoms with van der Waals surface area (Å²) in [7, 11) is -6.44. The molecule has 3 aromatic rings. The van der Waals surface area contributed by atoms with Gasteiger partial charge in [0.15, 0.2) is 0 Å². The molecule has 5 N–H and O–H groups in total. The van der Waals surface area contributed by atoms with Crippen molar-refractivity contribution in [2.45, 2.75) is 43.7 Å². The average molecular weight is 563 g/mol. The average Bonchev–Trinajstić information content (AvgIpc) is 3.27. The molecule has 0 radical (unpaired) electrons. The molecular weight excluding hydrogens is 531 g/mol. The number of aromatic nitrogens is 2. The number of anilines is 2. The van der Waals surface area contributed by atoms with Gasteiger partial charge in [0, 0.05) is 53.4 Å². The standard InChI is InChI=1S/C25H31N4O7PS/c1-29-13-20(18-5-6-26-23(18)24(29)30)19-9-17(28-38(2,34)35)3-4-21(19)27-22-15-7-14-8-16(22)12-25(10-14,11-15)36-37(31,32)33/h3-6,9,13-16,22,26-28H,7-8,10-12H2,1-2H3,(H2,31,32,33). The van der Waals surface area contributed by atoms with Crippen molar-refractivity contribution >= 4 is 40.1 Å². The minimum absolute atomic E-state index is 0.0711. The van der Waals surface area contributed by atoms with Crippen molar-refractivity contribution < 1.29 is 27.3 Å². The summed E-state index contributed by atoms with van der Waals surface area (Å²) >= 11 is 0. The second kappa shape index (κ2) is 8.69. The van der Waals surface area contributed by atoms with E-state index in [-0.39, 0.29) is 23.4 Å². The Morgan fingerprint density at radius 2 is 1.84 bits per heavy atom. The number of nitrogens with one attached hydrogen (secondary N) is 3. The van der Waals surface area contributed by atoms with E-state index in [1.807, 2.05) is 12.1 Å². The number of sulfonamides is 1. The molecule has 0 aliphatic heterocycles. The van der Waals surface area contributed by atoms with Gasteiger partial charge in [-0.05, 0) is 74.1 Å². The van der Waals surface area contributed by atoms with Crippen LogP contribution < -0.4 is 15.6 Å². The molecule has 4 bridgehead atoms. The highest BCUT2D eigenvalue weighted by Crippen LogP contribution is 2.61. The van der Waals surface area contributed by atoms with Crippen LogP contribution in [0, 0.1) is 17.8 Å². The van der Waals surface area contributed by atoms with Crippen molar-refractivity contribution in [3.05, 3.63) is 47.0 Å². The van der Waals surface area contributed by atoms with Gasteiger partial charge in [-0.3, -0.25) is 14.0 Å². The van der Waals surface area contributed by atoms with Gasteiger partial charge in [0.1, 0.15) is 5.52 Å². The lowest BCUT2D eigenvalue weighted by Crippen LogP contribution is -2.59. The van der Waals surface area contributed by atoms with Gasteiger partial charge in [0.05, 0.1) is 11.9 Å². The Morgan fingerprint density at radius 1 is 1.13 bits per heavy atom. The van der Waals surface area contributed by atoms with Crippen molar-refractivity contribution in [3.8, 4) is 11.1 Å². The molecule has 11 nitrogen and oxygen atoms in total. The Morgan fingerprint density at radius 3 is 2.50 bits per heavy atom. The van der Waals surface area contributed by atoms with E-state index in [1.165, 1.54) is 4.57 Å². The Labute approximate surface area is 219 Å². The van der Waals surface area contributed by atoms with Gasteiger partial charge in [-0.25, -0.2) is 13.0 Å². The summed E-state index contributed by atoms with van der Waals surface area (Å²) in [6, 6.07) is 7.22. The number of hydrogen-bond donors (Lipinski definition) is 5. The predicted octanol–water partition coefficient (Wildman–Crippen LogP) is 3.37. The van der Waals surface area contributed by atoms with Crippen LogP contribution in [0.25, 0.3) is 22.0 Å². The maximum atomic E-state index is 12.7. The summed E-state index contributed by atoms with van der Waals surface area (Å²) in [5, 5.41) is 4.46. The Hall–Kier alpha value is -2.63. The van der Waals surface area contributed by atoms with Crippen LogP contribution in [-0.2, 0) is 26.2 Å². The number of phosphoric ester groups is 1. The third-order valence-corrected chi connectivity index (χ3v) is 9.59. The number of aromatic amines is 1. The normalized spacial score (nSPS) is 28.6. The fourth-order valence-electron chi connectivity index (χ4n) is 7.38. The minimum Gasteiger partial charge on any atom is -0.381 e. The van der Waals surface area contributed by atoms with Crippen LogP contribution in [0.2, 0.25) is 0 Å². The van der Waals surface area contributed by atoms with Crippen LogP contribution in [0.4, 0.5) is 11.4 Å². The Bertz CT molecular complexity index is 1630. The number of phosphoric acid groups is 1. The largest absolute Gasteiger partial charge is 0.470 e. The first kappa shape index (κ1) is 25.6. The van der Waals surface area contributed by atoms with Gasteiger partial charge in [-0.15, -0.1) is 0 Å². The number of hydrogen-bond acceptors (Lipinski definition) is 6. The molecule has 4 aliphatic rings. The number of benzene rings is 1. The highest BCUT2D eigenvalue weighted by molar-refractivity contribution is 7.92. The molecule has 4 fully saturated rings. The second-order valence-electron chi connectivity index (χ2n) is 11.3. The van der Waals surface area contributed by atoms with Crippen LogP contribution >= 0.6 is 7.82 Å². The molecule has 0 saturated heterocycles. The molecule has 1 aromatic carbocycles. The van der Waals surface area contributed by atoms with Crippen LogP contribution in [0.5, 0.6) is 0 Å². The molecule has 13 heteroatoms. The zero-order chi connectivity index (χ0) is 27.0. The summed E-state index contributed by atoms with van der Waals surface area (Å²) < 4.78 is 45.1. The lowest BCUT2D eigenvalue weighted by Gasteiger charge is -2.59. The van der Waals surface area contributed by atoms with E-state index in [0.29, 0.717) is 36.4 Å². The molecule has 0 spiro atoms. The fraction of sp³-hybridized carbons (Fsp3) is 0.480. The van der Waals surface area contributed by atoms with Crippen molar-refractivity contribution in [3.63, 3.8) is 0 Å². The first-order valence-corrected chi connectivity index (χ1v) is 16.0. The topological polar surface area (TPSA) is 163 Å². The molecule has 4 saturated carbocycles. The first-order chi connectivity index (χ1) is 17.8. The lowest BCUT2D eigenvalue weighted by molar-refractivity contribution is -0.122. The van der Waals surface area contributed by atoms with Gasteiger partial charge in [0.2, 0.25) is 10.0 Å². The van der Waals surface area contributed by atoms with Gasteiger partial charge in [0.25, 0.3) is 5.56 Å². The molecule has 4 aliphatic carbocycles. The number of nitrogens with zero attached hydrogens (tertiary/aromatic N) is 1. The van der Waals surface area contributed by atoms with Gasteiger partial charge in [-0.2, -0.15) is 0 Å². The quantitative estimate of drug-likeness (QED) is 0.274. The van der Waals surface area contributed by atoms with E-state index in [1.54, 1.807) is 31.6 Å². The maximum Gasteiger partial charge on any atom is 0.470 e. The van der Waals surface area contributed by atoms with E-state index >= 15 is 0 Å². The van der Waals surface area contributed by atoms with Crippen LogP contribution in [0.15, 0.2) is 41.5 Å². The third-order valence-electron chi connectivity index (χ3n) is 8.36. The number of fused-ring (bicyclic) bond motifs is 1. The fourth-order valence-corrected chi connectivity index (χ4v) is 8.67. The molecule has 2 unspecified atom stereocenters. The number of pyridine rings is 1. The number of H-pyrrole nitrogens is 1. The second-order valence-corrected chi connectivity index (χ2v) is 14.2. The highest BCUT2D eigenvalue weighted by Gasteiger charge is 2.58. The van der Waals surface area contributed by atoms with Gasteiger partial charge >= 0.3 is 7.82 Å². The van der Waals surface area contributed by atoms with Crippen LogP contribution in [-0.4, -0.2) is 45.7 Å². The van der Waals surface area contributed by atoms with Crippen molar-refractivity contribution in [2.75, 3.05) is 16.3 Å². The lowest BCUT2D eigenvalue weighted by atomic mass is 9.52. The molecule has 204 valence electrons. The smallest absolute Gasteiger partial charge is 0.381 e. The van der Waals surface area contributed by atoms with E-state index < -0.39 is 23.4 Å². The van der Waals surface area contributed by atoms with E-state index in [0.717, 1.165) is 41.3 Å².